The highest BCUT2D eigenvalue weighted by molar-refractivity contribution is 5.94. The number of benzene rings is 1. The highest BCUT2D eigenvalue weighted by Gasteiger charge is 2.27. The average molecular weight is 303 g/mol. The lowest BCUT2D eigenvalue weighted by molar-refractivity contribution is -0.142. The van der Waals surface area contributed by atoms with Crippen LogP contribution in [0.2, 0.25) is 0 Å². The molecule has 0 saturated heterocycles. The van der Waals surface area contributed by atoms with E-state index in [4.69, 9.17) is 9.84 Å². The smallest absolute Gasteiger partial charge is 0.306 e. The minimum absolute atomic E-state index is 0.0620. The van der Waals surface area contributed by atoms with Crippen LogP contribution in [0.4, 0.5) is 0 Å². The Labute approximate surface area is 129 Å². The highest BCUT2D eigenvalue weighted by atomic mass is 16.5. The van der Waals surface area contributed by atoms with Crippen molar-refractivity contribution in [2.45, 2.75) is 44.8 Å². The van der Waals surface area contributed by atoms with E-state index >= 15 is 0 Å². The number of carboxylic acids is 1. The monoisotopic (exact) mass is 303 g/mol. The van der Waals surface area contributed by atoms with Gasteiger partial charge in [0.1, 0.15) is 0 Å². The zero-order chi connectivity index (χ0) is 15.5. The number of amides is 1. The van der Waals surface area contributed by atoms with Gasteiger partial charge in [0.05, 0.1) is 19.1 Å². The van der Waals surface area contributed by atoms with Crippen LogP contribution in [0.5, 0.6) is 0 Å². The van der Waals surface area contributed by atoms with E-state index in [1.807, 2.05) is 18.2 Å². The maximum atomic E-state index is 12.4. The lowest BCUT2D eigenvalue weighted by Gasteiger charge is -2.27. The molecule has 22 heavy (non-hydrogen) atoms. The maximum absolute atomic E-state index is 12.4. The summed E-state index contributed by atoms with van der Waals surface area (Å²) in [6, 6.07) is 5.84. The third-order valence-corrected chi connectivity index (χ3v) is 4.65. The fraction of sp³-hybridized carbons (Fsp3) is 0.529. The topological polar surface area (TPSA) is 75.6 Å². The van der Waals surface area contributed by atoms with Gasteiger partial charge in [0.15, 0.2) is 0 Å². The van der Waals surface area contributed by atoms with Crippen molar-refractivity contribution in [2.24, 2.45) is 5.92 Å². The van der Waals surface area contributed by atoms with Crippen LogP contribution in [0, 0.1) is 5.92 Å². The molecule has 2 N–H and O–H groups in total. The summed E-state index contributed by atoms with van der Waals surface area (Å²) < 4.78 is 5.40. The van der Waals surface area contributed by atoms with Crippen molar-refractivity contribution < 1.29 is 19.4 Å². The minimum Gasteiger partial charge on any atom is -0.481 e. The molecule has 118 valence electrons. The largest absolute Gasteiger partial charge is 0.481 e. The Bertz CT molecular complexity index is 576. The average Bonchev–Trinajstić information content (AvgIpc) is 2.55. The van der Waals surface area contributed by atoms with Crippen LogP contribution in [0.1, 0.15) is 47.2 Å². The predicted molar refractivity (Wildman–Crippen MR) is 80.7 cm³/mol. The molecule has 1 aliphatic heterocycles. The number of ether oxygens (including phenoxy) is 1. The normalized spacial score (nSPS) is 24.4. The van der Waals surface area contributed by atoms with Crippen molar-refractivity contribution in [2.75, 3.05) is 6.61 Å². The number of carbonyl (C=O) groups is 2. The highest BCUT2D eigenvalue weighted by Crippen LogP contribution is 2.25. The molecular formula is C17H21NO4. The molecule has 2 aliphatic rings. The zero-order valence-corrected chi connectivity index (χ0v) is 12.5. The first-order valence-electron chi connectivity index (χ1n) is 7.86. The van der Waals surface area contributed by atoms with Crippen molar-refractivity contribution in [3.8, 4) is 0 Å². The second-order valence-corrected chi connectivity index (χ2v) is 6.15. The second kappa shape index (κ2) is 6.48. The van der Waals surface area contributed by atoms with Crippen LogP contribution in [0.15, 0.2) is 18.2 Å². The Morgan fingerprint density at radius 1 is 1.14 bits per heavy atom. The van der Waals surface area contributed by atoms with E-state index in [1.165, 1.54) is 5.56 Å². The van der Waals surface area contributed by atoms with E-state index in [1.54, 1.807) is 0 Å². The van der Waals surface area contributed by atoms with Crippen LogP contribution in [-0.4, -0.2) is 29.6 Å². The number of carbonyl (C=O) groups excluding carboxylic acids is 1. The molecular weight excluding hydrogens is 282 g/mol. The van der Waals surface area contributed by atoms with Crippen LogP contribution < -0.4 is 5.32 Å². The molecule has 1 aliphatic carbocycles. The van der Waals surface area contributed by atoms with Crippen molar-refractivity contribution in [3.63, 3.8) is 0 Å². The van der Waals surface area contributed by atoms with E-state index in [0.717, 1.165) is 24.8 Å². The van der Waals surface area contributed by atoms with Gasteiger partial charge in [0.25, 0.3) is 5.91 Å². The van der Waals surface area contributed by atoms with Gasteiger partial charge >= 0.3 is 5.97 Å². The number of carboxylic acid groups (broad SMARTS) is 1. The number of rotatable bonds is 3. The fourth-order valence-electron chi connectivity index (χ4n) is 3.26. The van der Waals surface area contributed by atoms with Gasteiger partial charge in [0.2, 0.25) is 0 Å². The number of hydrogen-bond acceptors (Lipinski definition) is 3. The summed E-state index contributed by atoms with van der Waals surface area (Å²) in [5, 5.41) is 12.0. The Morgan fingerprint density at radius 3 is 2.64 bits per heavy atom. The first-order chi connectivity index (χ1) is 10.6. The van der Waals surface area contributed by atoms with Crippen molar-refractivity contribution in [1.29, 1.82) is 0 Å². The molecule has 3 rings (SSSR count). The molecule has 0 radical (unpaired) electrons. The van der Waals surface area contributed by atoms with E-state index in [2.05, 4.69) is 5.32 Å². The van der Waals surface area contributed by atoms with Gasteiger partial charge < -0.3 is 15.2 Å². The van der Waals surface area contributed by atoms with Gasteiger partial charge in [-0.25, -0.2) is 0 Å². The summed E-state index contributed by atoms with van der Waals surface area (Å²) in [7, 11) is 0. The van der Waals surface area contributed by atoms with Gasteiger partial charge in [-0.05, 0) is 55.4 Å². The Hall–Kier alpha value is -1.88. The number of aliphatic carboxylic acids is 1. The summed E-state index contributed by atoms with van der Waals surface area (Å²) in [5.74, 6) is -1.04. The van der Waals surface area contributed by atoms with Crippen LogP contribution in [-0.2, 0) is 22.6 Å². The number of hydrogen-bond donors (Lipinski definition) is 2. The van der Waals surface area contributed by atoms with Crippen molar-refractivity contribution in [1.82, 2.24) is 5.32 Å². The van der Waals surface area contributed by atoms with Crippen molar-refractivity contribution >= 4 is 11.9 Å². The van der Waals surface area contributed by atoms with E-state index in [9.17, 15) is 9.59 Å². The number of fused-ring (bicyclic) bond motifs is 1. The first kappa shape index (κ1) is 15.0. The van der Waals surface area contributed by atoms with E-state index < -0.39 is 5.97 Å². The maximum Gasteiger partial charge on any atom is 0.306 e. The molecule has 1 fully saturated rings. The molecule has 0 spiro atoms. The molecule has 1 aromatic carbocycles. The molecule has 0 bridgehead atoms. The molecule has 1 heterocycles. The molecule has 5 nitrogen and oxygen atoms in total. The third-order valence-electron chi connectivity index (χ3n) is 4.65. The van der Waals surface area contributed by atoms with Crippen LogP contribution in [0.3, 0.4) is 0 Å². The first-order valence-corrected chi connectivity index (χ1v) is 7.86. The van der Waals surface area contributed by atoms with Crippen LogP contribution >= 0.6 is 0 Å². The van der Waals surface area contributed by atoms with E-state index in [-0.39, 0.29) is 17.9 Å². The third kappa shape index (κ3) is 3.30. The molecule has 0 atom stereocenters. The molecule has 0 unspecified atom stereocenters. The zero-order valence-electron chi connectivity index (χ0n) is 12.5. The molecule has 5 heteroatoms. The van der Waals surface area contributed by atoms with Gasteiger partial charge in [0, 0.05) is 11.6 Å². The molecule has 1 aromatic rings. The molecule has 1 amide bonds. The molecule has 1 saturated carbocycles. The second-order valence-electron chi connectivity index (χ2n) is 6.15. The standard InChI is InChI=1S/C17H21NO4/c19-16(18-15-5-3-11(4-6-15)17(20)21)13-1-2-14-10-22-8-7-12(14)9-13/h1-2,9,11,15H,3-8,10H2,(H,18,19)(H,20,21). The SMILES string of the molecule is O=C(NC1CCC(C(=O)O)CC1)c1ccc2c(c1)CCOC2. The van der Waals surface area contributed by atoms with Gasteiger partial charge in [-0.1, -0.05) is 6.07 Å². The van der Waals surface area contributed by atoms with Gasteiger partial charge in [-0.3, -0.25) is 9.59 Å². The summed E-state index contributed by atoms with van der Waals surface area (Å²) in [4.78, 5) is 23.3. The minimum atomic E-state index is -0.721. The number of nitrogens with one attached hydrogen (secondary N) is 1. The summed E-state index contributed by atoms with van der Waals surface area (Å²) in [6.45, 7) is 1.33. The predicted octanol–water partition coefficient (Wildman–Crippen LogP) is 2.13. The lowest BCUT2D eigenvalue weighted by Crippen LogP contribution is -2.38. The Kier molecular flexibility index (Phi) is 4.43. The quantitative estimate of drug-likeness (QED) is 0.897. The Balaban J connectivity index is 1.59. The van der Waals surface area contributed by atoms with Gasteiger partial charge in [-0.2, -0.15) is 0 Å². The summed E-state index contributed by atoms with van der Waals surface area (Å²) >= 11 is 0. The van der Waals surface area contributed by atoms with Crippen LogP contribution in [0.25, 0.3) is 0 Å². The lowest BCUT2D eigenvalue weighted by atomic mass is 9.86. The van der Waals surface area contributed by atoms with Gasteiger partial charge in [-0.15, -0.1) is 0 Å². The summed E-state index contributed by atoms with van der Waals surface area (Å²) in [6.07, 6.45) is 3.60. The van der Waals surface area contributed by atoms with Crippen molar-refractivity contribution in [3.05, 3.63) is 34.9 Å². The summed E-state index contributed by atoms with van der Waals surface area (Å²) in [5.41, 5.74) is 3.03. The Morgan fingerprint density at radius 2 is 1.91 bits per heavy atom. The fourth-order valence-corrected chi connectivity index (χ4v) is 3.26. The molecule has 0 aromatic heterocycles. The van der Waals surface area contributed by atoms with E-state index in [0.29, 0.717) is 31.6 Å².